The quantitative estimate of drug-likeness (QED) is 0.749. The number of nitrogens with zero attached hydrogens (tertiary/aromatic N) is 2. The predicted octanol–water partition coefficient (Wildman–Crippen LogP) is 1.96. The van der Waals surface area contributed by atoms with E-state index in [9.17, 15) is 23.9 Å². The Hall–Kier alpha value is -2.91. The van der Waals surface area contributed by atoms with E-state index in [1.807, 2.05) is 6.92 Å². The van der Waals surface area contributed by atoms with E-state index in [-0.39, 0.29) is 40.5 Å². The maximum atomic E-state index is 14.1. The van der Waals surface area contributed by atoms with Crippen molar-refractivity contribution in [2.45, 2.75) is 44.6 Å². The zero-order chi connectivity index (χ0) is 22.0. The molecule has 0 spiro atoms. The summed E-state index contributed by atoms with van der Waals surface area (Å²) in [6.07, 6.45) is 0.423. The van der Waals surface area contributed by atoms with E-state index in [1.54, 1.807) is 15.5 Å². The van der Waals surface area contributed by atoms with Crippen LogP contribution >= 0.6 is 11.6 Å². The molecule has 3 aliphatic rings. The fourth-order valence-corrected chi connectivity index (χ4v) is 4.99. The third-order valence-corrected chi connectivity index (χ3v) is 6.51. The van der Waals surface area contributed by atoms with Crippen LogP contribution in [0.25, 0.3) is 0 Å². The third-order valence-electron chi connectivity index (χ3n) is 6.22. The van der Waals surface area contributed by atoms with Crippen molar-refractivity contribution in [3.05, 3.63) is 61.8 Å². The monoisotopic (exact) mass is 447 g/mol. The summed E-state index contributed by atoms with van der Waals surface area (Å²) >= 11 is 5.77. The van der Waals surface area contributed by atoms with Crippen molar-refractivity contribution in [3.63, 3.8) is 0 Å². The van der Waals surface area contributed by atoms with Gasteiger partial charge >= 0.3 is 0 Å². The highest BCUT2D eigenvalue weighted by Crippen LogP contribution is 2.43. The number of aromatic nitrogens is 1. The van der Waals surface area contributed by atoms with Crippen molar-refractivity contribution >= 4 is 23.4 Å². The van der Waals surface area contributed by atoms with E-state index in [0.717, 1.165) is 0 Å². The molecule has 3 unspecified atom stereocenters. The molecule has 3 atom stereocenters. The molecule has 0 aliphatic carbocycles. The number of aromatic hydroxyl groups is 1. The van der Waals surface area contributed by atoms with Gasteiger partial charge in [-0.15, -0.1) is 0 Å². The summed E-state index contributed by atoms with van der Waals surface area (Å²) in [5, 5.41) is 13.1. The Labute approximate surface area is 181 Å². The minimum absolute atomic E-state index is 0.0754. The number of hydrogen-bond donors (Lipinski definition) is 2. The summed E-state index contributed by atoms with van der Waals surface area (Å²) in [6.45, 7) is 2.02. The summed E-state index contributed by atoms with van der Waals surface area (Å²) in [6, 6.07) is 3.94. The molecule has 31 heavy (non-hydrogen) atoms. The Morgan fingerprint density at radius 3 is 2.94 bits per heavy atom. The number of rotatable bonds is 3. The normalized spacial score (nSPS) is 23.6. The molecule has 3 aliphatic heterocycles. The molecule has 1 aromatic heterocycles. The first-order valence-corrected chi connectivity index (χ1v) is 10.3. The van der Waals surface area contributed by atoms with E-state index < -0.39 is 35.0 Å². The molecule has 5 rings (SSSR count). The van der Waals surface area contributed by atoms with Crippen molar-refractivity contribution in [2.24, 2.45) is 0 Å². The second-order valence-corrected chi connectivity index (χ2v) is 8.41. The highest BCUT2D eigenvalue weighted by molar-refractivity contribution is 6.30. The molecule has 1 aromatic carbocycles. The fraction of sp³-hybridized carbons (Fsp3) is 0.381. The van der Waals surface area contributed by atoms with Crippen molar-refractivity contribution in [1.82, 2.24) is 14.8 Å². The maximum absolute atomic E-state index is 14.1. The topological polar surface area (TPSA) is 101 Å². The van der Waals surface area contributed by atoms with Gasteiger partial charge in [0.1, 0.15) is 11.4 Å². The number of hydrogen-bond acceptors (Lipinski definition) is 5. The fourth-order valence-electron chi connectivity index (χ4n) is 4.79. The molecular formula is C21H19ClFN3O5. The molecule has 2 aromatic rings. The van der Waals surface area contributed by atoms with Gasteiger partial charge in [0.25, 0.3) is 11.8 Å². The second kappa shape index (κ2) is 7.06. The number of amides is 2. The lowest BCUT2D eigenvalue weighted by Crippen LogP contribution is -2.50. The number of ether oxygens (including phenoxy) is 1. The molecule has 162 valence electrons. The first-order valence-electron chi connectivity index (χ1n) is 9.97. The van der Waals surface area contributed by atoms with Gasteiger partial charge in [-0.2, -0.15) is 0 Å². The van der Waals surface area contributed by atoms with Gasteiger partial charge in [0.05, 0.1) is 23.7 Å². The number of carbonyl (C=O) groups excluding carboxylic acids is 2. The standard InChI is InChI=1S/C21H19ClFN3O5/c1-9-8-31-21-13-6-5-12-14(17(27)18(28)16(26(12)13)20(30)25(9)21)19(29)24-7-10-3-2-4-11(22)15(10)23/h2-4,9,13,21,28H,5-8H2,1H3,(H,24,29). The smallest absolute Gasteiger partial charge is 0.276 e. The maximum Gasteiger partial charge on any atom is 0.276 e. The summed E-state index contributed by atoms with van der Waals surface area (Å²) in [5.41, 5.74) is -0.711. The van der Waals surface area contributed by atoms with Crippen LogP contribution in [0.5, 0.6) is 5.75 Å². The Kier molecular flexibility index (Phi) is 4.56. The first kappa shape index (κ1) is 20.0. The van der Waals surface area contributed by atoms with Gasteiger partial charge in [-0.05, 0) is 25.8 Å². The van der Waals surface area contributed by atoms with E-state index in [2.05, 4.69) is 5.32 Å². The van der Waals surface area contributed by atoms with Gasteiger partial charge in [0.2, 0.25) is 5.43 Å². The Bertz CT molecular complexity index is 1200. The van der Waals surface area contributed by atoms with Crippen LogP contribution in [-0.2, 0) is 17.7 Å². The van der Waals surface area contributed by atoms with E-state index >= 15 is 0 Å². The van der Waals surface area contributed by atoms with E-state index in [0.29, 0.717) is 25.1 Å². The zero-order valence-electron chi connectivity index (χ0n) is 16.5. The number of pyridine rings is 1. The summed E-state index contributed by atoms with van der Waals surface area (Å²) in [7, 11) is 0. The Morgan fingerprint density at radius 1 is 1.39 bits per heavy atom. The van der Waals surface area contributed by atoms with Crippen LogP contribution in [0.4, 0.5) is 4.39 Å². The van der Waals surface area contributed by atoms with Crippen molar-refractivity contribution in [1.29, 1.82) is 0 Å². The average Bonchev–Trinajstić information content (AvgIpc) is 3.33. The molecular weight excluding hydrogens is 429 g/mol. The Morgan fingerprint density at radius 2 is 2.16 bits per heavy atom. The van der Waals surface area contributed by atoms with Crippen LogP contribution in [0, 0.1) is 5.82 Å². The number of benzene rings is 1. The van der Waals surface area contributed by atoms with E-state index in [4.69, 9.17) is 16.3 Å². The van der Waals surface area contributed by atoms with Gasteiger partial charge in [-0.3, -0.25) is 14.4 Å². The molecule has 0 saturated carbocycles. The van der Waals surface area contributed by atoms with Crippen LogP contribution in [0.15, 0.2) is 23.0 Å². The predicted molar refractivity (Wildman–Crippen MR) is 108 cm³/mol. The average molecular weight is 448 g/mol. The summed E-state index contributed by atoms with van der Waals surface area (Å²) < 4.78 is 21.5. The van der Waals surface area contributed by atoms with Gasteiger partial charge in [-0.25, -0.2) is 4.39 Å². The summed E-state index contributed by atoms with van der Waals surface area (Å²) in [5.74, 6) is -2.65. The molecule has 4 heterocycles. The minimum Gasteiger partial charge on any atom is -0.503 e. The number of nitrogens with one attached hydrogen (secondary N) is 1. The molecule has 2 N–H and O–H groups in total. The molecule has 2 amide bonds. The van der Waals surface area contributed by atoms with Crippen LogP contribution in [0.2, 0.25) is 5.02 Å². The molecule has 0 radical (unpaired) electrons. The van der Waals surface area contributed by atoms with Crippen molar-refractivity contribution in [2.75, 3.05) is 6.61 Å². The van der Waals surface area contributed by atoms with Gasteiger partial charge < -0.3 is 24.6 Å². The number of carbonyl (C=O) groups is 2. The van der Waals surface area contributed by atoms with E-state index in [1.165, 1.54) is 12.1 Å². The SMILES string of the molecule is CC1COC2C3CCc4c(C(=O)NCc5cccc(Cl)c5F)c(=O)c(O)c(n43)C(=O)N12. The van der Waals surface area contributed by atoms with Crippen molar-refractivity contribution < 1.29 is 23.8 Å². The van der Waals surface area contributed by atoms with Gasteiger partial charge in [0.15, 0.2) is 17.7 Å². The van der Waals surface area contributed by atoms with Crippen LogP contribution < -0.4 is 10.7 Å². The molecule has 10 heteroatoms. The van der Waals surface area contributed by atoms with Gasteiger partial charge in [-0.1, -0.05) is 23.7 Å². The minimum atomic E-state index is -0.912. The molecule has 0 bridgehead atoms. The van der Waals surface area contributed by atoms with Crippen LogP contribution in [0.3, 0.4) is 0 Å². The first-order chi connectivity index (χ1) is 14.8. The lowest BCUT2D eigenvalue weighted by molar-refractivity contribution is -0.0144. The second-order valence-electron chi connectivity index (χ2n) is 8.01. The summed E-state index contributed by atoms with van der Waals surface area (Å²) in [4.78, 5) is 40.4. The van der Waals surface area contributed by atoms with Gasteiger partial charge in [0, 0.05) is 17.8 Å². The highest BCUT2D eigenvalue weighted by Gasteiger charge is 2.51. The third kappa shape index (κ3) is 2.80. The van der Waals surface area contributed by atoms with Crippen molar-refractivity contribution in [3.8, 4) is 5.75 Å². The van der Waals surface area contributed by atoms with Crippen LogP contribution in [-0.4, -0.2) is 45.3 Å². The molecule has 1 fully saturated rings. The largest absolute Gasteiger partial charge is 0.503 e. The highest BCUT2D eigenvalue weighted by atomic mass is 35.5. The van der Waals surface area contributed by atoms with Crippen LogP contribution in [0.1, 0.15) is 51.5 Å². The molecule has 1 saturated heterocycles. The zero-order valence-corrected chi connectivity index (χ0v) is 17.3. The Balaban J connectivity index is 1.55. The lowest BCUT2D eigenvalue weighted by atomic mass is 10.1. The lowest BCUT2D eigenvalue weighted by Gasteiger charge is -2.38. The number of fused-ring (bicyclic) bond motifs is 2. The number of halogens is 2. The molecule has 8 nitrogen and oxygen atoms in total.